The number of rotatable bonds is 2. The topological polar surface area (TPSA) is 20.2 Å². The van der Waals surface area contributed by atoms with E-state index in [4.69, 9.17) is 0 Å². The third-order valence-electron chi connectivity index (χ3n) is 5.44. The molecule has 0 aromatic heterocycles. The fraction of sp³-hybridized carbons (Fsp3) is 0.667. The first-order chi connectivity index (χ1) is 9.08. The van der Waals surface area contributed by atoms with E-state index in [1.165, 1.54) is 56.1 Å². The summed E-state index contributed by atoms with van der Waals surface area (Å²) < 4.78 is 0. The zero-order valence-corrected chi connectivity index (χ0v) is 12.3. The van der Waals surface area contributed by atoms with E-state index in [0.29, 0.717) is 5.92 Å². The first-order valence-corrected chi connectivity index (χ1v) is 7.88. The minimum atomic E-state index is -0.273. The average Bonchev–Trinajstić information content (AvgIpc) is 2.77. The van der Waals surface area contributed by atoms with E-state index < -0.39 is 0 Å². The summed E-state index contributed by atoms with van der Waals surface area (Å²) in [5.74, 6) is 0.425. The van der Waals surface area contributed by atoms with Crippen LogP contribution in [0.1, 0.15) is 68.7 Å². The highest BCUT2D eigenvalue weighted by atomic mass is 16.3. The smallest absolute Gasteiger partial charge is 0.0823 e. The lowest BCUT2D eigenvalue weighted by Crippen LogP contribution is -2.24. The Balaban J connectivity index is 1.85. The Hall–Kier alpha value is -0.820. The van der Waals surface area contributed by atoms with Gasteiger partial charge < -0.3 is 5.11 Å². The molecule has 0 bridgehead atoms. The van der Waals surface area contributed by atoms with Crippen LogP contribution in [0.4, 0.5) is 0 Å². The first kappa shape index (κ1) is 13.2. The van der Waals surface area contributed by atoms with E-state index in [0.717, 1.165) is 5.56 Å². The van der Waals surface area contributed by atoms with Crippen molar-refractivity contribution < 1.29 is 5.11 Å². The van der Waals surface area contributed by atoms with Crippen molar-refractivity contribution in [2.45, 2.75) is 64.9 Å². The Kier molecular flexibility index (Phi) is 3.42. The third-order valence-corrected chi connectivity index (χ3v) is 5.44. The standard InChI is InChI=1S/C18H26O/c1-18(2)11-5-8-16(18)17(19)15-10-9-13-6-3-4-7-14(13)12-15/h9-10,12,16-17,19H,3-8,11H2,1-2H3. The normalized spacial score (nSPS) is 27.0. The molecule has 0 aliphatic heterocycles. The van der Waals surface area contributed by atoms with Crippen LogP contribution in [-0.2, 0) is 12.8 Å². The van der Waals surface area contributed by atoms with Gasteiger partial charge in [-0.05, 0) is 66.5 Å². The van der Waals surface area contributed by atoms with Crippen LogP contribution in [0.2, 0.25) is 0 Å². The zero-order valence-electron chi connectivity index (χ0n) is 12.3. The van der Waals surface area contributed by atoms with Crippen LogP contribution in [-0.4, -0.2) is 5.11 Å². The zero-order chi connectivity index (χ0) is 13.5. The van der Waals surface area contributed by atoms with E-state index in [9.17, 15) is 5.11 Å². The van der Waals surface area contributed by atoms with E-state index in [1.807, 2.05) is 0 Å². The largest absolute Gasteiger partial charge is 0.388 e. The molecule has 2 aliphatic rings. The fourth-order valence-corrected chi connectivity index (χ4v) is 4.11. The Labute approximate surface area is 117 Å². The van der Waals surface area contributed by atoms with Crippen LogP contribution in [0.5, 0.6) is 0 Å². The summed E-state index contributed by atoms with van der Waals surface area (Å²) in [4.78, 5) is 0. The molecule has 1 saturated carbocycles. The van der Waals surface area contributed by atoms with Crippen molar-refractivity contribution in [3.05, 3.63) is 34.9 Å². The molecule has 2 atom stereocenters. The van der Waals surface area contributed by atoms with Crippen molar-refractivity contribution in [1.29, 1.82) is 0 Å². The molecule has 2 unspecified atom stereocenters. The van der Waals surface area contributed by atoms with Gasteiger partial charge in [0.1, 0.15) is 0 Å². The van der Waals surface area contributed by atoms with Crippen LogP contribution in [0.3, 0.4) is 0 Å². The van der Waals surface area contributed by atoms with Crippen molar-refractivity contribution in [2.75, 3.05) is 0 Å². The summed E-state index contributed by atoms with van der Waals surface area (Å²) in [7, 11) is 0. The van der Waals surface area contributed by atoms with Crippen molar-refractivity contribution in [3.8, 4) is 0 Å². The van der Waals surface area contributed by atoms with Crippen molar-refractivity contribution in [3.63, 3.8) is 0 Å². The second-order valence-corrected chi connectivity index (χ2v) is 7.17. The first-order valence-electron chi connectivity index (χ1n) is 7.88. The molecule has 0 amide bonds. The second-order valence-electron chi connectivity index (χ2n) is 7.17. The Morgan fingerprint density at radius 3 is 2.53 bits per heavy atom. The van der Waals surface area contributed by atoms with Crippen LogP contribution >= 0.6 is 0 Å². The van der Waals surface area contributed by atoms with Gasteiger partial charge in [-0.1, -0.05) is 38.5 Å². The van der Waals surface area contributed by atoms with E-state index in [1.54, 1.807) is 0 Å². The molecule has 2 aliphatic carbocycles. The minimum Gasteiger partial charge on any atom is -0.388 e. The highest BCUT2D eigenvalue weighted by molar-refractivity contribution is 5.35. The monoisotopic (exact) mass is 258 g/mol. The molecular weight excluding hydrogens is 232 g/mol. The van der Waals surface area contributed by atoms with Gasteiger partial charge in [0.2, 0.25) is 0 Å². The number of aliphatic hydroxyl groups excluding tert-OH is 1. The number of benzene rings is 1. The predicted molar refractivity (Wildman–Crippen MR) is 79.2 cm³/mol. The number of hydrogen-bond donors (Lipinski definition) is 1. The molecular formula is C18H26O. The average molecular weight is 258 g/mol. The summed E-state index contributed by atoms with van der Waals surface area (Å²) in [6.45, 7) is 4.62. The molecule has 0 spiro atoms. The summed E-state index contributed by atoms with van der Waals surface area (Å²) in [5.41, 5.74) is 4.43. The van der Waals surface area contributed by atoms with Gasteiger partial charge in [0.05, 0.1) is 6.10 Å². The maximum absolute atomic E-state index is 10.8. The minimum absolute atomic E-state index is 0.273. The maximum Gasteiger partial charge on any atom is 0.0823 e. The van der Waals surface area contributed by atoms with Crippen LogP contribution in [0, 0.1) is 11.3 Å². The third kappa shape index (κ3) is 2.45. The number of aliphatic hydroxyl groups is 1. The summed E-state index contributed by atoms with van der Waals surface area (Å²) in [5, 5.41) is 10.8. The van der Waals surface area contributed by atoms with Crippen molar-refractivity contribution >= 4 is 0 Å². The number of aryl methyl sites for hydroxylation is 2. The molecule has 1 nitrogen and oxygen atoms in total. The Morgan fingerprint density at radius 1 is 1.11 bits per heavy atom. The predicted octanol–water partition coefficient (Wildman–Crippen LogP) is 4.43. The van der Waals surface area contributed by atoms with Crippen LogP contribution < -0.4 is 0 Å². The quantitative estimate of drug-likeness (QED) is 0.832. The van der Waals surface area contributed by atoms with E-state index in [2.05, 4.69) is 32.0 Å². The van der Waals surface area contributed by atoms with E-state index in [-0.39, 0.29) is 11.5 Å². The summed E-state index contributed by atoms with van der Waals surface area (Å²) in [6, 6.07) is 6.71. The lowest BCUT2D eigenvalue weighted by atomic mass is 9.76. The van der Waals surface area contributed by atoms with Gasteiger partial charge in [0, 0.05) is 0 Å². The molecule has 0 saturated heterocycles. The molecule has 1 fully saturated rings. The Morgan fingerprint density at radius 2 is 1.84 bits per heavy atom. The highest BCUT2D eigenvalue weighted by Crippen LogP contribution is 2.48. The molecule has 0 heterocycles. The molecule has 1 aromatic carbocycles. The van der Waals surface area contributed by atoms with Gasteiger partial charge in [-0.15, -0.1) is 0 Å². The lowest BCUT2D eigenvalue weighted by molar-refractivity contribution is 0.0531. The van der Waals surface area contributed by atoms with Gasteiger partial charge in [0.25, 0.3) is 0 Å². The highest BCUT2D eigenvalue weighted by Gasteiger charge is 2.39. The van der Waals surface area contributed by atoms with Gasteiger partial charge in [-0.2, -0.15) is 0 Å². The van der Waals surface area contributed by atoms with Crippen molar-refractivity contribution in [1.82, 2.24) is 0 Å². The number of fused-ring (bicyclic) bond motifs is 1. The SMILES string of the molecule is CC1(C)CCCC1C(O)c1ccc2c(c1)CCCC2. The molecule has 1 aromatic rings. The maximum atomic E-state index is 10.8. The molecule has 19 heavy (non-hydrogen) atoms. The van der Waals surface area contributed by atoms with Gasteiger partial charge in [-0.25, -0.2) is 0 Å². The lowest BCUT2D eigenvalue weighted by Gasteiger charge is -2.32. The van der Waals surface area contributed by atoms with E-state index >= 15 is 0 Å². The fourth-order valence-electron chi connectivity index (χ4n) is 4.11. The van der Waals surface area contributed by atoms with Crippen LogP contribution in [0.15, 0.2) is 18.2 Å². The van der Waals surface area contributed by atoms with Crippen LogP contribution in [0.25, 0.3) is 0 Å². The summed E-state index contributed by atoms with van der Waals surface area (Å²) in [6.07, 6.45) is 8.46. The molecule has 3 rings (SSSR count). The van der Waals surface area contributed by atoms with Gasteiger partial charge in [0.15, 0.2) is 0 Å². The molecule has 1 heteroatoms. The van der Waals surface area contributed by atoms with Gasteiger partial charge >= 0.3 is 0 Å². The number of hydrogen-bond acceptors (Lipinski definition) is 1. The Bertz CT molecular complexity index is 461. The van der Waals surface area contributed by atoms with Gasteiger partial charge in [-0.3, -0.25) is 0 Å². The molecule has 104 valence electrons. The molecule has 0 radical (unpaired) electrons. The second kappa shape index (κ2) is 4.94. The molecule has 1 N–H and O–H groups in total. The summed E-state index contributed by atoms with van der Waals surface area (Å²) >= 11 is 0. The van der Waals surface area contributed by atoms with Crippen molar-refractivity contribution in [2.24, 2.45) is 11.3 Å².